The SMILES string of the molecule is CC(SCC1CS1)SCC1CS1. The van der Waals surface area contributed by atoms with E-state index in [9.17, 15) is 0 Å². The molecule has 0 amide bonds. The van der Waals surface area contributed by atoms with Gasteiger partial charge < -0.3 is 0 Å². The first-order valence-corrected chi connectivity index (χ1v) is 8.50. The van der Waals surface area contributed by atoms with Crippen LogP contribution in [0.5, 0.6) is 0 Å². The quantitative estimate of drug-likeness (QED) is 0.515. The van der Waals surface area contributed by atoms with Crippen LogP contribution in [0.3, 0.4) is 0 Å². The highest BCUT2D eigenvalue weighted by Crippen LogP contribution is 2.39. The molecular formula is C8H14S4. The Morgan fingerprint density at radius 3 is 1.92 bits per heavy atom. The normalized spacial score (nSPS) is 34.8. The van der Waals surface area contributed by atoms with Crippen LogP contribution in [0.1, 0.15) is 6.92 Å². The van der Waals surface area contributed by atoms with Crippen LogP contribution in [-0.4, -0.2) is 38.1 Å². The third kappa shape index (κ3) is 4.07. The van der Waals surface area contributed by atoms with E-state index in [1.54, 1.807) is 0 Å². The predicted molar refractivity (Wildman–Crippen MR) is 66.9 cm³/mol. The zero-order valence-electron chi connectivity index (χ0n) is 7.19. The maximum Gasteiger partial charge on any atom is 0.0475 e. The fourth-order valence-corrected chi connectivity index (χ4v) is 4.97. The molecule has 2 aliphatic rings. The van der Waals surface area contributed by atoms with Crippen molar-refractivity contribution in [1.82, 2.24) is 0 Å². The summed E-state index contributed by atoms with van der Waals surface area (Å²) in [6.07, 6.45) is 0. The highest BCUT2D eigenvalue weighted by atomic mass is 32.2. The number of rotatable bonds is 6. The van der Waals surface area contributed by atoms with Crippen molar-refractivity contribution in [2.45, 2.75) is 22.0 Å². The number of hydrogen-bond donors (Lipinski definition) is 0. The summed E-state index contributed by atoms with van der Waals surface area (Å²) in [5.41, 5.74) is 0. The Hall–Kier alpha value is 1.40. The molecule has 0 aromatic carbocycles. The summed E-state index contributed by atoms with van der Waals surface area (Å²) in [6.45, 7) is 2.36. The molecule has 0 aliphatic carbocycles. The van der Waals surface area contributed by atoms with Gasteiger partial charge in [0, 0.05) is 38.1 Å². The van der Waals surface area contributed by atoms with Crippen LogP contribution in [0, 0.1) is 0 Å². The highest BCUT2D eigenvalue weighted by molar-refractivity contribution is 8.18. The summed E-state index contributed by atoms with van der Waals surface area (Å²) in [6, 6.07) is 0. The molecule has 2 heterocycles. The van der Waals surface area contributed by atoms with Crippen molar-refractivity contribution in [1.29, 1.82) is 0 Å². The van der Waals surface area contributed by atoms with Gasteiger partial charge in [-0.25, -0.2) is 0 Å². The monoisotopic (exact) mass is 238 g/mol. The molecule has 0 radical (unpaired) electrons. The molecule has 0 spiro atoms. The molecule has 70 valence electrons. The van der Waals surface area contributed by atoms with Crippen molar-refractivity contribution in [2.75, 3.05) is 23.0 Å². The average Bonchev–Trinajstić information content (AvgIpc) is 2.89. The van der Waals surface area contributed by atoms with E-state index in [1.165, 1.54) is 23.0 Å². The van der Waals surface area contributed by atoms with Gasteiger partial charge >= 0.3 is 0 Å². The van der Waals surface area contributed by atoms with E-state index in [1.807, 2.05) is 0 Å². The van der Waals surface area contributed by atoms with Gasteiger partial charge in [-0.3, -0.25) is 0 Å². The third-order valence-corrected chi connectivity index (χ3v) is 7.15. The van der Waals surface area contributed by atoms with Gasteiger partial charge in [-0.1, -0.05) is 0 Å². The second-order valence-corrected chi connectivity index (χ2v) is 8.86. The maximum atomic E-state index is 2.36. The summed E-state index contributed by atoms with van der Waals surface area (Å²) in [7, 11) is 0. The molecule has 2 unspecified atom stereocenters. The minimum absolute atomic E-state index is 0.826. The zero-order chi connectivity index (χ0) is 8.39. The van der Waals surface area contributed by atoms with Crippen molar-refractivity contribution in [3.63, 3.8) is 0 Å². The second kappa shape index (κ2) is 4.76. The van der Waals surface area contributed by atoms with E-state index in [0.717, 1.165) is 15.1 Å². The van der Waals surface area contributed by atoms with E-state index in [0.29, 0.717) is 0 Å². The first-order valence-electron chi connectivity index (χ1n) is 4.31. The van der Waals surface area contributed by atoms with Crippen LogP contribution in [0.4, 0.5) is 0 Å². The van der Waals surface area contributed by atoms with Gasteiger partial charge in [-0.05, 0) is 6.92 Å². The minimum atomic E-state index is 0.826. The molecule has 2 fully saturated rings. The Kier molecular flexibility index (Phi) is 3.94. The average molecular weight is 238 g/mol. The summed E-state index contributed by atoms with van der Waals surface area (Å²) in [5.74, 6) is 5.61. The van der Waals surface area contributed by atoms with Gasteiger partial charge in [0.05, 0.1) is 0 Å². The number of hydrogen-bond acceptors (Lipinski definition) is 4. The van der Waals surface area contributed by atoms with Crippen LogP contribution in [0.25, 0.3) is 0 Å². The van der Waals surface area contributed by atoms with Crippen LogP contribution < -0.4 is 0 Å². The first kappa shape index (κ1) is 9.94. The molecule has 2 aliphatic heterocycles. The van der Waals surface area contributed by atoms with Gasteiger partial charge in [0.2, 0.25) is 0 Å². The van der Waals surface area contributed by atoms with Gasteiger partial charge in [0.1, 0.15) is 0 Å². The van der Waals surface area contributed by atoms with Crippen molar-refractivity contribution in [2.24, 2.45) is 0 Å². The van der Waals surface area contributed by atoms with E-state index < -0.39 is 0 Å². The van der Waals surface area contributed by atoms with Gasteiger partial charge in [0.15, 0.2) is 0 Å². The Balaban J connectivity index is 1.47. The largest absolute Gasteiger partial charge is 0.156 e. The first-order chi connectivity index (χ1) is 5.84. The predicted octanol–water partition coefficient (Wildman–Crippen LogP) is 3.03. The van der Waals surface area contributed by atoms with E-state index in [2.05, 4.69) is 54.0 Å². The molecule has 0 N–H and O–H groups in total. The lowest BCUT2D eigenvalue weighted by Gasteiger charge is -2.08. The Bertz CT molecular complexity index is 126. The summed E-state index contributed by atoms with van der Waals surface area (Å²) in [5, 5.41) is 2.02. The molecule has 2 rings (SSSR count). The zero-order valence-corrected chi connectivity index (χ0v) is 10.5. The molecule has 4 heteroatoms. The topological polar surface area (TPSA) is 0 Å². The van der Waals surface area contributed by atoms with E-state index >= 15 is 0 Å². The molecule has 0 bridgehead atoms. The van der Waals surface area contributed by atoms with Crippen LogP contribution in [0.15, 0.2) is 0 Å². The second-order valence-electron chi connectivity index (χ2n) is 3.14. The molecule has 2 saturated heterocycles. The lowest BCUT2D eigenvalue weighted by molar-refractivity contribution is 1.24. The van der Waals surface area contributed by atoms with E-state index in [4.69, 9.17) is 0 Å². The summed E-state index contributed by atoms with van der Waals surface area (Å²) < 4.78 is 0.826. The molecule has 0 aromatic rings. The van der Waals surface area contributed by atoms with Crippen molar-refractivity contribution >= 4 is 47.0 Å². The molecule has 12 heavy (non-hydrogen) atoms. The minimum Gasteiger partial charge on any atom is -0.156 e. The Morgan fingerprint density at radius 2 is 1.58 bits per heavy atom. The maximum absolute atomic E-state index is 2.36. The summed E-state index contributed by atoms with van der Waals surface area (Å²) >= 11 is 8.52. The van der Waals surface area contributed by atoms with Crippen molar-refractivity contribution in [3.8, 4) is 0 Å². The van der Waals surface area contributed by atoms with Gasteiger partial charge in [0.25, 0.3) is 0 Å². The summed E-state index contributed by atoms with van der Waals surface area (Å²) in [4.78, 5) is 0. The molecule has 0 saturated carbocycles. The third-order valence-electron chi connectivity index (χ3n) is 1.84. The van der Waals surface area contributed by atoms with Crippen LogP contribution in [0.2, 0.25) is 0 Å². The van der Waals surface area contributed by atoms with Crippen molar-refractivity contribution < 1.29 is 0 Å². The fourth-order valence-electron chi connectivity index (χ4n) is 0.862. The Labute approximate surface area is 91.8 Å². The fraction of sp³-hybridized carbons (Fsp3) is 1.00. The number of thioether (sulfide) groups is 4. The van der Waals surface area contributed by atoms with E-state index in [-0.39, 0.29) is 0 Å². The molecule has 2 atom stereocenters. The lowest BCUT2D eigenvalue weighted by atomic mass is 10.6. The van der Waals surface area contributed by atoms with Gasteiger partial charge in [-0.15, -0.1) is 23.5 Å². The smallest absolute Gasteiger partial charge is 0.0475 e. The standard InChI is InChI=1S/C8H14S4/c1-6(9-2-7-4-11-7)10-3-8-5-12-8/h6-8H,2-5H2,1H3. The van der Waals surface area contributed by atoms with Crippen LogP contribution >= 0.6 is 47.0 Å². The molecular weight excluding hydrogens is 224 g/mol. The molecule has 0 nitrogen and oxygen atoms in total. The van der Waals surface area contributed by atoms with Crippen LogP contribution in [-0.2, 0) is 0 Å². The lowest BCUT2D eigenvalue weighted by Crippen LogP contribution is -1.99. The Morgan fingerprint density at radius 1 is 1.17 bits per heavy atom. The highest BCUT2D eigenvalue weighted by Gasteiger charge is 2.25. The van der Waals surface area contributed by atoms with Gasteiger partial charge in [-0.2, -0.15) is 23.5 Å². The molecule has 0 aromatic heterocycles. The van der Waals surface area contributed by atoms with Crippen molar-refractivity contribution in [3.05, 3.63) is 0 Å².